The van der Waals surface area contributed by atoms with Gasteiger partial charge in [0.25, 0.3) is 0 Å². The maximum Gasteiger partial charge on any atom is 0.358 e. The van der Waals surface area contributed by atoms with Gasteiger partial charge in [0, 0.05) is 31.7 Å². The summed E-state index contributed by atoms with van der Waals surface area (Å²) >= 11 is 0. The predicted molar refractivity (Wildman–Crippen MR) is 85.1 cm³/mol. The molecular weight excluding hydrogens is 280 g/mol. The van der Waals surface area contributed by atoms with Crippen LogP contribution in [0.3, 0.4) is 0 Å². The van der Waals surface area contributed by atoms with Crippen LogP contribution in [0.25, 0.3) is 11.4 Å². The average molecular weight is 300 g/mol. The number of piperazine rings is 1. The highest BCUT2D eigenvalue weighted by Crippen LogP contribution is 2.25. The van der Waals surface area contributed by atoms with Crippen molar-refractivity contribution in [1.29, 1.82) is 0 Å². The first-order valence-electron chi connectivity index (χ1n) is 7.58. The quantitative estimate of drug-likeness (QED) is 0.840. The van der Waals surface area contributed by atoms with Crippen LogP contribution in [0.1, 0.15) is 17.4 Å². The first-order valence-corrected chi connectivity index (χ1v) is 7.58. The number of rotatable bonds is 4. The van der Waals surface area contributed by atoms with E-state index in [4.69, 9.17) is 4.74 Å². The number of ether oxygens (including phenoxy) is 1. The second-order valence-corrected chi connectivity index (χ2v) is 5.11. The molecule has 0 radical (unpaired) electrons. The fraction of sp³-hybridized carbons (Fsp3) is 0.375. The normalized spacial score (nSPS) is 14.9. The van der Waals surface area contributed by atoms with Gasteiger partial charge in [-0.15, -0.1) is 0 Å². The van der Waals surface area contributed by atoms with E-state index in [2.05, 4.69) is 20.2 Å². The van der Waals surface area contributed by atoms with Gasteiger partial charge in [-0.25, -0.2) is 9.78 Å². The third-order valence-corrected chi connectivity index (χ3v) is 3.63. The fourth-order valence-electron chi connectivity index (χ4n) is 2.55. The van der Waals surface area contributed by atoms with Gasteiger partial charge in [0.1, 0.15) is 5.82 Å². The van der Waals surface area contributed by atoms with E-state index in [0.717, 1.165) is 31.7 Å². The highest BCUT2D eigenvalue weighted by Gasteiger charge is 2.24. The van der Waals surface area contributed by atoms with Crippen LogP contribution in [0.15, 0.2) is 30.3 Å². The van der Waals surface area contributed by atoms with Crippen molar-refractivity contribution in [2.45, 2.75) is 6.92 Å². The van der Waals surface area contributed by atoms with E-state index >= 15 is 0 Å². The standard InChI is InChI=1S/C16H20N4O2/c1-2-22-16(21)13-15(20-10-8-17-9-11-20)19-14(18-13)12-6-4-3-5-7-12/h3-7,17H,2,8-11H2,1H3,(H,18,19). The lowest BCUT2D eigenvalue weighted by molar-refractivity contribution is 0.0521. The van der Waals surface area contributed by atoms with Crippen LogP contribution in [0.2, 0.25) is 0 Å². The Balaban J connectivity index is 1.98. The maximum absolute atomic E-state index is 12.2. The summed E-state index contributed by atoms with van der Waals surface area (Å²) in [6.45, 7) is 5.57. The van der Waals surface area contributed by atoms with Crippen molar-refractivity contribution in [3.63, 3.8) is 0 Å². The molecule has 2 heterocycles. The minimum absolute atomic E-state index is 0.347. The lowest BCUT2D eigenvalue weighted by Gasteiger charge is -2.27. The van der Waals surface area contributed by atoms with Crippen LogP contribution in [-0.2, 0) is 4.74 Å². The lowest BCUT2D eigenvalue weighted by atomic mass is 10.2. The Morgan fingerprint density at radius 3 is 2.68 bits per heavy atom. The molecule has 2 N–H and O–H groups in total. The van der Waals surface area contributed by atoms with Gasteiger partial charge in [0.05, 0.1) is 6.61 Å². The Bertz CT molecular complexity index is 633. The molecule has 0 aliphatic carbocycles. The van der Waals surface area contributed by atoms with E-state index in [9.17, 15) is 4.79 Å². The highest BCUT2D eigenvalue weighted by molar-refractivity contribution is 5.94. The van der Waals surface area contributed by atoms with Crippen molar-refractivity contribution in [3.05, 3.63) is 36.0 Å². The molecule has 6 heteroatoms. The van der Waals surface area contributed by atoms with E-state index < -0.39 is 0 Å². The van der Waals surface area contributed by atoms with Gasteiger partial charge in [-0.2, -0.15) is 0 Å². The highest BCUT2D eigenvalue weighted by atomic mass is 16.5. The number of nitrogens with zero attached hydrogens (tertiary/aromatic N) is 2. The molecule has 22 heavy (non-hydrogen) atoms. The van der Waals surface area contributed by atoms with Crippen LogP contribution in [0.5, 0.6) is 0 Å². The van der Waals surface area contributed by atoms with E-state index in [1.807, 2.05) is 30.3 Å². The monoisotopic (exact) mass is 300 g/mol. The molecule has 0 spiro atoms. The maximum atomic E-state index is 12.2. The zero-order chi connectivity index (χ0) is 15.4. The number of imidazole rings is 1. The van der Waals surface area contributed by atoms with Gasteiger partial charge in [-0.05, 0) is 6.92 Å². The van der Waals surface area contributed by atoms with E-state index in [1.54, 1.807) is 6.92 Å². The van der Waals surface area contributed by atoms with Crippen LogP contribution in [-0.4, -0.2) is 48.7 Å². The van der Waals surface area contributed by atoms with Crippen LogP contribution in [0, 0.1) is 0 Å². The van der Waals surface area contributed by atoms with Gasteiger partial charge in [-0.3, -0.25) is 0 Å². The van der Waals surface area contributed by atoms with Gasteiger partial charge >= 0.3 is 5.97 Å². The fourth-order valence-corrected chi connectivity index (χ4v) is 2.55. The Morgan fingerprint density at radius 2 is 2.00 bits per heavy atom. The molecule has 0 atom stereocenters. The number of anilines is 1. The zero-order valence-corrected chi connectivity index (χ0v) is 12.6. The summed E-state index contributed by atoms with van der Waals surface area (Å²) in [5.41, 5.74) is 1.39. The summed E-state index contributed by atoms with van der Waals surface area (Å²) in [7, 11) is 0. The number of carbonyl (C=O) groups excluding carboxylic acids is 1. The molecule has 0 saturated carbocycles. The number of carbonyl (C=O) groups is 1. The van der Waals surface area contributed by atoms with Gasteiger partial charge < -0.3 is 19.9 Å². The predicted octanol–water partition coefficient (Wildman–Crippen LogP) is 1.66. The van der Waals surface area contributed by atoms with Gasteiger partial charge in [0.2, 0.25) is 0 Å². The summed E-state index contributed by atoms with van der Waals surface area (Å²) in [4.78, 5) is 22.1. The van der Waals surface area contributed by atoms with Crippen LogP contribution in [0.4, 0.5) is 5.82 Å². The first kappa shape index (κ1) is 14.6. The van der Waals surface area contributed by atoms with Gasteiger partial charge in [-0.1, -0.05) is 30.3 Å². The molecule has 116 valence electrons. The molecule has 1 aliphatic rings. The minimum Gasteiger partial charge on any atom is -0.461 e. The summed E-state index contributed by atoms with van der Waals surface area (Å²) in [6, 6.07) is 9.79. The van der Waals surface area contributed by atoms with Crippen molar-refractivity contribution in [2.24, 2.45) is 0 Å². The number of hydrogen-bond acceptors (Lipinski definition) is 5. The molecule has 1 saturated heterocycles. The van der Waals surface area contributed by atoms with Crippen molar-refractivity contribution in [2.75, 3.05) is 37.7 Å². The van der Waals surface area contributed by atoms with E-state index in [1.165, 1.54) is 0 Å². The summed E-state index contributed by atoms with van der Waals surface area (Å²) in [5, 5.41) is 3.30. The van der Waals surface area contributed by atoms with Crippen LogP contribution >= 0.6 is 0 Å². The molecule has 1 fully saturated rings. The molecule has 0 bridgehead atoms. The van der Waals surface area contributed by atoms with Crippen molar-refractivity contribution < 1.29 is 9.53 Å². The number of benzene rings is 1. The van der Waals surface area contributed by atoms with Crippen molar-refractivity contribution >= 4 is 11.8 Å². The minimum atomic E-state index is -0.356. The van der Waals surface area contributed by atoms with E-state index in [-0.39, 0.29) is 5.97 Å². The molecule has 6 nitrogen and oxygen atoms in total. The molecular formula is C16H20N4O2. The van der Waals surface area contributed by atoms with Crippen molar-refractivity contribution in [1.82, 2.24) is 15.3 Å². The summed E-state index contributed by atoms with van der Waals surface area (Å²) < 4.78 is 5.16. The summed E-state index contributed by atoms with van der Waals surface area (Å²) in [5.74, 6) is 1.02. The van der Waals surface area contributed by atoms with Crippen molar-refractivity contribution in [3.8, 4) is 11.4 Å². The Morgan fingerprint density at radius 1 is 1.27 bits per heavy atom. The van der Waals surface area contributed by atoms with E-state index in [0.29, 0.717) is 23.9 Å². The zero-order valence-electron chi connectivity index (χ0n) is 12.6. The smallest absolute Gasteiger partial charge is 0.358 e. The number of aromatic nitrogens is 2. The first-order chi connectivity index (χ1) is 10.8. The number of hydrogen-bond donors (Lipinski definition) is 2. The number of aromatic amines is 1. The largest absolute Gasteiger partial charge is 0.461 e. The third-order valence-electron chi connectivity index (χ3n) is 3.63. The molecule has 1 aromatic heterocycles. The molecule has 1 aliphatic heterocycles. The topological polar surface area (TPSA) is 70.2 Å². The Labute approximate surface area is 129 Å². The average Bonchev–Trinajstić information content (AvgIpc) is 3.02. The Hall–Kier alpha value is -2.34. The Kier molecular flexibility index (Phi) is 4.39. The lowest BCUT2D eigenvalue weighted by Crippen LogP contribution is -2.44. The second kappa shape index (κ2) is 6.62. The molecule has 2 aromatic rings. The molecule has 0 unspecified atom stereocenters. The second-order valence-electron chi connectivity index (χ2n) is 5.11. The SMILES string of the molecule is CCOC(=O)c1[nH]c(-c2ccccc2)nc1N1CCNCC1. The van der Waals surface area contributed by atoms with Crippen LogP contribution < -0.4 is 10.2 Å². The number of esters is 1. The third kappa shape index (κ3) is 2.96. The molecule has 1 aromatic carbocycles. The summed E-state index contributed by atoms with van der Waals surface area (Å²) in [6.07, 6.45) is 0. The number of H-pyrrole nitrogens is 1. The molecule has 0 amide bonds. The molecule has 3 rings (SSSR count). The number of nitrogens with one attached hydrogen (secondary N) is 2. The van der Waals surface area contributed by atoms with Gasteiger partial charge in [0.15, 0.2) is 11.5 Å².